The average Bonchev–Trinajstić information content (AvgIpc) is 3.02. The first kappa shape index (κ1) is 12.2. The zero-order chi connectivity index (χ0) is 13.1. The summed E-state index contributed by atoms with van der Waals surface area (Å²) in [6.45, 7) is 2.96. The second-order valence-electron chi connectivity index (χ2n) is 4.17. The van der Waals surface area contributed by atoms with Crippen LogP contribution in [0.25, 0.3) is 11.0 Å². The van der Waals surface area contributed by atoms with Crippen LogP contribution < -0.4 is 0 Å². The van der Waals surface area contributed by atoms with Gasteiger partial charge in [0.15, 0.2) is 11.0 Å². The molecule has 2 heterocycles. The number of aryl methyl sites for hydroxylation is 1. The smallest absolute Gasteiger partial charge is 0.166 e. The summed E-state index contributed by atoms with van der Waals surface area (Å²) in [4.78, 5) is 7.80. The first-order valence-electron chi connectivity index (χ1n) is 6.19. The standard InChI is InChI=1S/C12H14N6S/c1-2-7-18-11(15-16-17-18)8-19-12-13-9-5-3-4-6-10(9)14-12/h3-6H,2,7-8H2,1H3,(H,13,14). The van der Waals surface area contributed by atoms with E-state index in [2.05, 4.69) is 32.4 Å². The van der Waals surface area contributed by atoms with Gasteiger partial charge in [-0.15, -0.1) is 5.10 Å². The fourth-order valence-corrected chi connectivity index (χ4v) is 2.66. The lowest BCUT2D eigenvalue weighted by atomic mass is 10.3. The second-order valence-corrected chi connectivity index (χ2v) is 5.13. The minimum Gasteiger partial charge on any atom is -0.333 e. The highest BCUT2D eigenvalue weighted by Gasteiger charge is 2.08. The van der Waals surface area contributed by atoms with E-state index in [1.807, 2.05) is 28.9 Å². The highest BCUT2D eigenvalue weighted by molar-refractivity contribution is 7.98. The van der Waals surface area contributed by atoms with Crippen molar-refractivity contribution in [3.05, 3.63) is 30.1 Å². The number of imidazole rings is 1. The van der Waals surface area contributed by atoms with Crippen molar-refractivity contribution in [3.63, 3.8) is 0 Å². The number of H-pyrrole nitrogens is 1. The van der Waals surface area contributed by atoms with E-state index >= 15 is 0 Å². The highest BCUT2D eigenvalue weighted by Crippen LogP contribution is 2.21. The van der Waals surface area contributed by atoms with Gasteiger partial charge in [-0.2, -0.15) is 0 Å². The summed E-state index contributed by atoms with van der Waals surface area (Å²) in [6.07, 6.45) is 1.02. The van der Waals surface area contributed by atoms with Crippen molar-refractivity contribution < 1.29 is 0 Å². The van der Waals surface area contributed by atoms with Crippen LogP contribution in [0, 0.1) is 0 Å². The number of benzene rings is 1. The lowest BCUT2D eigenvalue weighted by Gasteiger charge is -2.00. The van der Waals surface area contributed by atoms with Crippen molar-refractivity contribution in [1.29, 1.82) is 0 Å². The van der Waals surface area contributed by atoms with Crippen molar-refractivity contribution in [2.24, 2.45) is 0 Å². The maximum Gasteiger partial charge on any atom is 0.166 e. The van der Waals surface area contributed by atoms with E-state index in [-0.39, 0.29) is 0 Å². The van der Waals surface area contributed by atoms with Gasteiger partial charge in [-0.1, -0.05) is 30.8 Å². The van der Waals surface area contributed by atoms with Gasteiger partial charge in [0.2, 0.25) is 0 Å². The average molecular weight is 274 g/mol. The van der Waals surface area contributed by atoms with Crippen molar-refractivity contribution in [2.75, 3.05) is 0 Å². The van der Waals surface area contributed by atoms with Crippen LogP contribution in [0.2, 0.25) is 0 Å². The van der Waals surface area contributed by atoms with Crippen LogP contribution in [0.4, 0.5) is 0 Å². The Hall–Kier alpha value is -1.89. The van der Waals surface area contributed by atoms with E-state index in [0.29, 0.717) is 5.75 Å². The zero-order valence-corrected chi connectivity index (χ0v) is 11.4. The quantitative estimate of drug-likeness (QED) is 0.722. The van der Waals surface area contributed by atoms with Crippen LogP contribution in [0.3, 0.4) is 0 Å². The van der Waals surface area contributed by atoms with Crippen LogP contribution >= 0.6 is 11.8 Å². The Morgan fingerprint density at radius 1 is 1.32 bits per heavy atom. The molecule has 0 unspecified atom stereocenters. The Morgan fingerprint density at radius 3 is 3.05 bits per heavy atom. The lowest BCUT2D eigenvalue weighted by Crippen LogP contribution is -2.04. The summed E-state index contributed by atoms with van der Waals surface area (Å²) in [5.41, 5.74) is 2.04. The van der Waals surface area contributed by atoms with Crippen molar-refractivity contribution in [1.82, 2.24) is 30.2 Å². The van der Waals surface area contributed by atoms with E-state index in [1.165, 1.54) is 0 Å². The normalized spacial score (nSPS) is 11.2. The van der Waals surface area contributed by atoms with Crippen molar-refractivity contribution in [3.8, 4) is 0 Å². The topological polar surface area (TPSA) is 72.3 Å². The molecule has 0 amide bonds. The van der Waals surface area contributed by atoms with Crippen LogP contribution in [0.15, 0.2) is 29.4 Å². The molecule has 2 aromatic heterocycles. The third-order valence-corrected chi connectivity index (χ3v) is 3.62. The predicted octanol–water partition coefficient (Wildman–Crippen LogP) is 2.25. The van der Waals surface area contributed by atoms with Gasteiger partial charge in [-0.05, 0) is 29.0 Å². The van der Waals surface area contributed by atoms with Gasteiger partial charge in [0.25, 0.3) is 0 Å². The fourth-order valence-electron chi connectivity index (χ4n) is 1.84. The fraction of sp³-hybridized carbons (Fsp3) is 0.333. The van der Waals surface area contributed by atoms with Gasteiger partial charge in [-0.25, -0.2) is 9.67 Å². The minimum absolute atomic E-state index is 0.715. The monoisotopic (exact) mass is 274 g/mol. The third kappa shape index (κ3) is 2.60. The number of hydrogen-bond acceptors (Lipinski definition) is 5. The summed E-state index contributed by atoms with van der Waals surface area (Å²) in [5, 5.41) is 12.6. The molecule has 6 nitrogen and oxygen atoms in total. The molecular weight excluding hydrogens is 260 g/mol. The minimum atomic E-state index is 0.715. The summed E-state index contributed by atoms with van der Waals surface area (Å²) in [5.74, 6) is 1.60. The number of nitrogens with zero attached hydrogens (tertiary/aromatic N) is 5. The Kier molecular flexibility index (Phi) is 3.45. The first-order valence-corrected chi connectivity index (χ1v) is 7.18. The van der Waals surface area contributed by atoms with Gasteiger partial charge < -0.3 is 4.98 Å². The van der Waals surface area contributed by atoms with Gasteiger partial charge in [0.05, 0.1) is 16.8 Å². The Labute approximate surface area is 114 Å². The number of para-hydroxylation sites is 2. The number of fused-ring (bicyclic) bond motifs is 1. The number of tetrazole rings is 1. The maximum absolute atomic E-state index is 4.52. The molecule has 3 rings (SSSR count). The molecule has 0 aliphatic rings. The van der Waals surface area contributed by atoms with Crippen molar-refractivity contribution in [2.45, 2.75) is 30.8 Å². The maximum atomic E-state index is 4.52. The molecule has 0 saturated carbocycles. The van der Waals surface area contributed by atoms with Crippen molar-refractivity contribution >= 4 is 22.8 Å². The molecule has 0 aliphatic heterocycles. The Bertz CT molecular complexity index is 640. The third-order valence-electron chi connectivity index (χ3n) is 2.75. The number of thioether (sulfide) groups is 1. The van der Waals surface area contributed by atoms with Gasteiger partial charge in [-0.3, -0.25) is 0 Å². The van der Waals surface area contributed by atoms with Crippen LogP contribution in [-0.2, 0) is 12.3 Å². The number of aromatic amines is 1. The zero-order valence-electron chi connectivity index (χ0n) is 10.6. The molecule has 0 spiro atoms. The van der Waals surface area contributed by atoms with Gasteiger partial charge in [0, 0.05) is 6.54 Å². The van der Waals surface area contributed by atoms with Gasteiger partial charge in [0.1, 0.15) is 0 Å². The van der Waals surface area contributed by atoms with E-state index in [4.69, 9.17) is 0 Å². The molecule has 1 N–H and O–H groups in total. The first-order chi connectivity index (χ1) is 9.36. The van der Waals surface area contributed by atoms with Gasteiger partial charge >= 0.3 is 0 Å². The van der Waals surface area contributed by atoms with E-state index < -0.39 is 0 Å². The molecule has 0 atom stereocenters. The highest BCUT2D eigenvalue weighted by atomic mass is 32.2. The van der Waals surface area contributed by atoms with E-state index in [1.54, 1.807) is 11.8 Å². The molecule has 3 aromatic rings. The number of hydrogen-bond donors (Lipinski definition) is 1. The molecule has 1 aromatic carbocycles. The predicted molar refractivity (Wildman–Crippen MR) is 73.8 cm³/mol. The Balaban J connectivity index is 1.73. The largest absolute Gasteiger partial charge is 0.333 e. The molecule has 98 valence electrons. The number of nitrogens with one attached hydrogen (secondary N) is 1. The molecule has 0 aliphatic carbocycles. The molecule has 0 saturated heterocycles. The molecule has 7 heteroatoms. The number of aromatic nitrogens is 6. The summed E-state index contributed by atoms with van der Waals surface area (Å²) in [7, 11) is 0. The molecular formula is C12H14N6S. The second kappa shape index (κ2) is 5.40. The van der Waals surface area contributed by atoms with E-state index in [9.17, 15) is 0 Å². The lowest BCUT2D eigenvalue weighted by molar-refractivity contribution is 0.564. The molecule has 19 heavy (non-hydrogen) atoms. The Morgan fingerprint density at radius 2 is 2.21 bits per heavy atom. The summed E-state index contributed by atoms with van der Waals surface area (Å²) < 4.78 is 1.84. The SMILES string of the molecule is CCCn1nnnc1CSc1nc2ccccc2[nH]1. The van der Waals surface area contributed by atoms with Crippen LogP contribution in [0.5, 0.6) is 0 Å². The molecule has 0 fully saturated rings. The molecule has 0 bridgehead atoms. The summed E-state index contributed by atoms with van der Waals surface area (Å²) in [6, 6.07) is 8.00. The summed E-state index contributed by atoms with van der Waals surface area (Å²) >= 11 is 1.61. The molecule has 0 radical (unpaired) electrons. The van der Waals surface area contributed by atoms with Crippen LogP contribution in [0.1, 0.15) is 19.2 Å². The number of rotatable bonds is 5. The van der Waals surface area contributed by atoms with E-state index in [0.717, 1.165) is 35.0 Å². The van der Waals surface area contributed by atoms with Crippen LogP contribution in [-0.4, -0.2) is 30.2 Å².